The fourth-order valence-corrected chi connectivity index (χ4v) is 5.60. The fourth-order valence-electron chi connectivity index (χ4n) is 5.32. The highest BCUT2D eigenvalue weighted by atomic mass is 35.5. The summed E-state index contributed by atoms with van der Waals surface area (Å²) in [6.07, 6.45) is 2.62. The Bertz CT molecular complexity index is 1310. The zero-order valence-electron chi connectivity index (χ0n) is 21.5. The number of pyridine rings is 1. The molecule has 2 heterocycles. The summed E-state index contributed by atoms with van der Waals surface area (Å²) in [5.41, 5.74) is 0.871. The third kappa shape index (κ3) is 6.93. The van der Waals surface area contributed by atoms with Gasteiger partial charge in [-0.05, 0) is 62.4 Å². The average molecular weight is 566 g/mol. The number of aromatic nitrogens is 1. The topological polar surface area (TPSA) is 94.9 Å². The van der Waals surface area contributed by atoms with Crippen molar-refractivity contribution in [2.45, 2.75) is 38.2 Å². The maximum absolute atomic E-state index is 13.4. The molecule has 0 radical (unpaired) electrons. The number of aliphatic hydroxyl groups excluding tert-OH is 1. The zero-order chi connectivity index (χ0) is 28.2. The number of benzene rings is 2. The molecule has 11 heteroatoms. The number of nitrogens with zero attached hydrogens (tertiary/aromatic N) is 2. The van der Waals surface area contributed by atoms with E-state index in [1.807, 2.05) is 0 Å². The summed E-state index contributed by atoms with van der Waals surface area (Å²) in [7, 11) is 1.55. The molecule has 1 atom stereocenters. The summed E-state index contributed by atoms with van der Waals surface area (Å²) in [5, 5.41) is 24.7. The van der Waals surface area contributed by atoms with E-state index in [0.29, 0.717) is 79.1 Å². The van der Waals surface area contributed by atoms with Crippen molar-refractivity contribution in [3.63, 3.8) is 0 Å². The highest BCUT2D eigenvalue weighted by Gasteiger charge is 2.37. The molecule has 0 unspecified atom stereocenters. The highest BCUT2D eigenvalue weighted by Crippen LogP contribution is 2.43. The van der Waals surface area contributed by atoms with Crippen LogP contribution in [0.1, 0.15) is 43.8 Å². The van der Waals surface area contributed by atoms with Gasteiger partial charge < -0.3 is 25.2 Å². The molecule has 1 saturated heterocycles. The average Bonchev–Trinajstić information content (AvgIpc) is 2.90. The Labute approximate surface area is 229 Å². The normalized spacial score (nSPS) is 16.3. The van der Waals surface area contributed by atoms with E-state index in [9.17, 15) is 28.2 Å². The van der Waals surface area contributed by atoms with Gasteiger partial charge in [-0.2, -0.15) is 0 Å². The summed E-state index contributed by atoms with van der Waals surface area (Å²) >= 11 is 6.44. The first-order valence-electron chi connectivity index (χ1n) is 12.7. The van der Waals surface area contributed by atoms with Gasteiger partial charge in [-0.15, -0.1) is 0 Å². The molecule has 7 nitrogen and oxygen atoms in total. The molecule has 3 N–H and O–H groups in total. The van der Waals surface area contributed by atoms with Crippen LogP contribution in [0.25, 0.3) is 10.9 Å². The van der Waals surface area contributed by atoms with Gasteiger partial charge in [0, 0.05) is 48.1 Å². The van der Waals surface area contributed by atoms with E-state index in [0.717, 1.165) is 12.1 Å². The molecule has 2 aromatic carbocycles. The Morgan fingerprint density at radius 1 is 1.21 bits per heavy atom. The molecule has 0 spiro atoms. The number of ether oxygens (including phenoxy) is 1. The summed E-state index contributed by atoms with van der Waals surface area (Å²) in [6.45, 7) is 2.21. The van der Waals surface area contributed by atoms with Crippen molar-refractivity contribution in [2.75, 3.05) is 38.6 Å². The predicted molar refractivity (Wildman–Crippen MR) is 143 cm³/mol. The number of carboxylic acids is 1. The maximum Gasteiger partial charge on any atom is 0.303 e. The second-order valence-electron chi connectivity index (χ2n) is 10.1. The van der Waals surface area contributed by atoms with E-state index in [4.69, 9.17) is 16.3 Å². The monoisotopic (exact) mass is 565 g/mol. The Morgan fingerprint density at radius 3 is 2.54 bits per heavy atom. The SMILES string of the molecule is COc1ccc2ncc(Cl)c([C@H](O)CCC3(CC(=O)O)CCN(CCNc4cc(F)c(F)c(F)c4)CC3)c2c1. The lowest BCUT2D eigenvalue weighted by molar-refractivity contribution is -0.141. The number of hydrogen-bond acceptors (Lipinski definition) is 6. The minimum absolute atomic E-state index is 0.0153. The Morgan fingerprint density at radius 2 is 1.90 bits per heavy atom. The number of fused-ring (bicyclic) bond motifs is 1. The molecule has 1 aliphatic rings. The second-order valence-corrected chi connectivity index (χ2v) is 10.5. The number of hydrogen-bond donors (Lipinski definition) is 3. The van der Waals surface area contributed by atoms with Crippen LogP contribution in [0.3, 0.4) is 0 Å². The van der Waals surface area contributed by atoms with Crippen LogP contribution in [-0.2, 0) is 4.79 Å². The summed E-state index contributed by atoms with van der Waals surface area (Å²) < 4.78 is 45.3. The van der Waals surface area contributed by atoms with E-state index >= 15 is 0 Å². The van der Waals surface area contributed by atoms with E-state index in [1.165, 1.54) is 6.20 Å². The van der Waals surface area contributed by atoms with Crippen molar-refractivity contribution in [1.82, 2.24) is 9.88 Å². The van der Waals surface area contributed by atoms with Gasteiger partial charge in [0.05, 0.1) is 30.2 Å². The van der Waals surface area contributed by atoms with Gasteiger partial charge >= 0.3 is 5.97 Å². The number of likely N-dealkylation sites (tertiary alicyclic amines) is 1. The van der Waals surface area contributed by atoms with Crippen LogP contribution in [0.2, 0.25) is 5.02 Å². The number of piperidine rings is 1. The van der Waals surface area contributed by atoms with Gasteiger partial charge in [-0.25, -0.2) is 13.2 Å². The molecule has 0 aliphatic carbocycles. The number of carbonyl (C=O) groups is 1. The Balaban J connectivity index is 1.38. The number of halogens is 4. The molecule has 39 heavy (non-hydrogen) atoms. The number of aliphatic carboxylic acids is 1. The number of nitrogens with one attached hydrogen (secondary N) is 1. The molecule has 0 saturated carbocycles. The van der Waals surface area contributed by atoms with Crippen molar-refractivity contribution in [3.05, 3.63) is 64.6 Å². The smallest absolute Gasteiger partial charge is 0.303 e. The Kier molecular flexibility index (Phi) is 9.19. The lowest BCUT2D eigenvalue weighted by Crippen LogP contribution is -2.43. The van der Waals surface area contributed by atoms with Crippen LogP contribution >= 0.6 is 11.6 Å². The minimum Gasteiger partial charge on any atom is -0.497 e. The first-order chi connectivity index (χ1) is 18.6. The van der Waals surface area contributed by atoms with E-state index in [2.05, 4.69) is 15.2 Å². The number of methoxy groups -OCH3 is 1. The van der Waals surface area contributed by atoms with Crippen LogP contribution in [0.4, 0.5) is 18.9 Å². The number of aliphatic hydroxyl groups is 1. The molecule has 210 valence electrons. The van der Waals surface area contributed by atoms with E-state index in [1.54, 1.807) is 25.3 Å². The number of rotatable bonds is 11. The molecule has 0 amide bonds. The lowest BCUT2D eigenvalue weighted by Gasteiger charge is -2.41. The molecule has 1 aliphatic heterocycles. The fraction of sp³-hybridized carbons (Fsp3) is 0.429. The molecule has 0 bridgehead atoms. The van der Waals surface area contributed by atoms with Crippen molar-refractivity contribution in [1.29, 1.82) is 0 Å². The maximum atomic E-state index is 13.4. The zero-order valence-corrected chi connectivity index (χ0v) is 22.3. The van der Waals surface area contributed by atoms with Gasteiger partial charge in [0.15, 0.2) is 17.5 Å². The summed E-state index contributed by atoms with van der Waals surface area (Å²) in [5.74, 6) is -4.29. The van der Waals surface area contributed by atoms with Gasteiger partial charge in [0.2, 0.25) is 0 Å². The Hall–Kier alpha value is -3.08. The lowest BCUT2D eigenvalue weighted by atomic mass is 9.71. The predicted octanol–water partition coefficient (Wildman–Crippen LogP) is 5.80. The number of carboxylic acid groups (broad SMARTS) is 1. The van der Waals surface area contributed by atoms with Crippen LogP contribution in [0, 0.1) is 22.9 Å². The molecular weight excluding hydrogens is 535 g/mol. The quantitative estimate of drug-likeness (QED) is 0.253. The minimum atomic E-state index is -1.50. The molecule has 1 fully saturated rings. The third-order valence-electron chi connectivity index (χ3n) is 7.53. The van der Waals surface area contributed by atoms with Crippen molar-refractivity contribution in [2.24, 2.45) is 5.41 Å². The molecule has 1 aromatic heterocycles. The first-order valence-corrected chi connectivity index (χ1v) is 13.1. The summed E-state index contributed by atoms with van der Waals surface area (Å²) in [4.78, 5) is 18.2. The van der Waals surface area contributed by atoms with Gasteiger partial charge in [0.25, 0.3) is 0 Å². The van der Waals surface area contributed by atoms with Crippen LogP contribution in [-0.4, -0.2) is 59.4 Å². The molecule has 3 aromatic rings. The number of anilines is 1. The van der Waals surface area contributed by atoms with Crippen LogP contribution in [0.15, 0.2) is 36.5 Å². The summed E-state index contributed by atoms with van der Waals surface area (Å²) in [6, 6.07) is 7.17. The van der Waals surface area contributed by atoms with Crippen molar-refractivity contribution < 1.29 is 32.9 Å². The standard InChI is InChI=1S/C28H31ClF3N3O4/c1-39-18-2-3-23-19(14-18)26(20(29)16-34-23)24(36)4-5-28(15-25(37)38)6-9-35(10-7-28)11-8-33-17-12-21(30)27(32)22(31)13-17/h2-3,12-14,16,24,33,36H,4-11,15H2,1H3,(H,37,38)/t24-/m1/s1. The largest absolute Gasteiger partial charge is 0.497 e. The highest BCUT2D eigenvalue weighted by molar-refractivity contribution is 6.32. The van der Waals surface area contributed by atoms with Crippen molar-refractivity contribution >= 4 is 34.2 Å². The van der Waals surface area contributed by atoms with Crippen LogP contribution in [0.5, 0.6) is 5.75 Å². The van der Waals surface area contributed by atoms with Crippen molar-refractivity contribution in [3.8, 4) is 5.75 Å². The molecular formula is C28H31ClF3N3O4. The first kappa shape index (κ1) is 28.9. The molecule has 4 rings (SSSR count). The van der Waals surface area contributed by atoms with Gasteiger partial charge in [-0.1, -0.05) is 11.6 Å². The third-order valence-corrected chi connectivity index (χ3v) is 7.83. The second kappa shape index (κ2) is 12.4. The van der Waals surface area contributed by atoms with Crippen LogP contribution < -0.4 is 10.1 Å². The van der Waals surface area contributed by atoms with E-state index in [-0.39, 0.29) is 12.1 Å². The van der Waals surface area contributed by atoms with Gasteiger partial charge in [0.1, 0.15) is 5.75 Å². The van der Waals surface area contributed by atoms with E-state index < -0.39 is 34.9 Å². The van der Waals surface area contributed by atoms with Gasteiger partial charge in [-0.3, -0.25) is 9.78 Å².